The van der Waals surface area contributed by atoms with E-state index >= 15 is 0 Å². The van der Waals surface area contributed by atoms with Gasteiger partial charge in [-0.25, -0.2) is 4.79 Å². The molecule has 1 atom stereocenters. The molecule has 13 heavy (non-hydrogen) atoms. The fourth-order valence-corrected chi connectivity index (χ4v) is 0.997. The molecule has 0 bridgehead atoms. The fraction of sp³-hybridized carbons (Fsp3) is 0.900. The van der Waals surface area contributed by atoms with E-state index in [0.29, 0.717) is 0 Å². The topological polar surface area (TPSA) is 35.5 Å². The highest BCUT2D eigenvalue weighted by molar-refractivity contribution is 5.70. The number of carbonyl (C=O) groups is 1. The van der Waals surface area contributed by atoms with Gasteiger partial charge in [-0.2, -0.15) is 0 Å². The van der Waals surface area contributed by atoms with Crippen molar-refractivity contribution in [1.29, 1.82) is 0 Å². The van der Waals surface area contributed by atoms with Crippen LogP contribution in [0.15, 0.2) is 0 Å². The Bertz CT molecular complexity index is 143. The van der Waals surface area contributed by atoms with Crippen molar-refractivity contribution in [1.82, 2.24) is 0 Å². The third-order valence-electron chi connectivity index (χ3n) is 1.55. The van der Waals surface area contributed by atoms with Crippen molar-refractivity contribution >= 4 is 5.97 Å². The van der Waals surface area contributed by atoms with Crippen molar-refractivity contribution in [3.8, 4) is 0 Å². The zero-order chi connectivity index (χ0) is 10.3. The maximum absolute atomic E-state index is 11.0. The molecule has 1 unspecified atom stereocenters. The van der Waals surface area contributed by atoms with Crippen LogP contribution >= 0.6 is 0 Å². The van der Waals surface area contributed by atoms with E-state index in [0.717, 1.165) is 12.8 Å². The lowest BCUT2D eigenvalue weighted by atomic mass is 10.2. The first kappa shape index (κ1) is 12.4. The summed E-state index contributed by atoms with van der Waals surface area (Å²) in [7, 11) is 0. The second-order valence-electron chi connectivity index (χ2n) is 3.45. The summed E-state index contributed by atoms with van der Waals surface area (Å²) in [6, 6.07) is 0. The molecule has 0 amide bonds. The van der Waals surface area contributed by atoms with Crippen LogP contribution in [-0.2, 0) is 14.3 Å². The van der Waals surface area contributed by atoms with Crippen LogP contribution in [0.2, 0.25) is 0 Å². The summed E-state index contributed by atoms with van der Waals surface area (Å²) >= 11 is 0. The summed E-state index contributed by atoms with van der Waals surface area (Å²) in [5.41, 5.74) is 0. The summed E-state index contributed by atoms with van der Waals surface area (Å²) in [5.74, 6) is -0.280. The molecule has 78 valence electrons. The molecule has 0 saturated carbocycles. The number of rotatable bonds is 6. The Morgan fingerprint density at radius 3 is 2.38 bits per heavy atom. The average Bonchev–Trinajstić information content (AvgIpc) is 2.00. The number of ether oxygens (including phenoxy) is 2. The Labute approximate surface area is 80.4 Å². The number of esters is 1. The zero-order valence-corrected chi connectivity index (χ0v) is 9.00. The third-order valence-corrected chi connectivity index (χ3v) is 1.55. The molecule has 0 spiro atoms. The van der Waals surface area contributed by atoms with Gasteiger partial charge in [0.25, 0.3) is 0 Å². The Balaban J connectivity index is 3.46. The Morgan fingerprint density at radius 2 is 1.92 bits per heavy atom. The minimum absolute atomic E-state index is 0.0578. The van der Waals surface area contributed by atoms with Crippen LogP contribution in [0.5, 0.6) is 0 Å². The molecule has 0 aromatic carbocycles. The van der Waals surface area contributed by atoms with Crippen LogP contribution in [0, 0.1) is 0 Å². The van der Waals surface area contributed by atoms with Gasteiger partial charge in [-0.05, 0) is 27.2 Å². The summed E-state index contributed by atoms with van der Waals surface area (Å²) in [6.07, 6.45) is 2.14. The quantitative estimate of drug-likeness (QED) is 0.599. The number of hydrogen-bond donors (Lipinski definition) is 0. The van der Waals surface area contributed by atoms with Crippen molar-refractivity contribution in [2.75, 3.05) is 6.61 Å². The van der Waals surface area contributed by atoms with Gasteiger partial charge in [-0.3, -0.25) is 0 Å². The second kappa shape index (κ2) is 6.89. The molecule has 0 aromatic heterocycles. The number of carbonyl (C=O) groups excluding carboxylic acids is 1. The summed E-state index contributed by atoms with van der Waals surface area (Å²) < 4.78 is 10.2. The SMILES string of the molecule is CCCC(C)OCC(=O)OC(C)C. The number of hydrogen-bond acceptors (Lipinski definition) is 3. The standard InChI is InChI=1S/C10H20O3/c1-5-6-9(4)12-7-10(11)13-8(2)3/h8-9H,5-7H2,1-4H3. The Morgan fingerprint density at radius 1 is 1.31 bits per heavy atom. The van der Waals surface area contributed by atoms with Crippen molar-refractivity contribution in [2.24, 2.45) is 0 Å². The minimum atomic E-state index is -0.280. The van der Waals surface area contributed by atoms with Gasteiger partial charge in [0.2, 0.25) is 0 Å². The van der Waals surface area contributed by atoms with E-state index in [1.807, 2.05) is 20.8 Å². The molecule has 3 nitrogen and oxygen atoms in total. The van der Waals surface area contributed by atoms with Crippen LogP contribution in [-0.4, -0.2) is 24.8 Å². The molecule has 0 rings (SSSR count). The molecule has 0 heterocycles. The lowest BCUT2D eigenvalue weighted by molar-refractivity contribution is -0.154. The van der Waals surface area contributed by atoms with Gasteiger partial charge in [0.1, 0.15) is 6.61 Å². The fourth-order valence-electron chi connectivity index (χ4n) is 0.997. The van der Waals surface area contributed by atoms with Gasteiger partial charge in [-0.1, -0.05) is 13.3 Å². The van der Waals surface area contributed by atoms with E-state index in [2.05, 4.69) is 6.92 Å². The van der Waals surface area contributed by atoms with Gasteiger partial charge in [0.15, 0.2) is 0 Å². The Hall–Kier alpha value is -0.570. The zero-order valence-electron chi connectivity index (χ0n) is 9.00. The smallest absolute Gasteiger partial charge is 0.332 e. The van der Waals surface area contributed by atoms with Gasteiger partial charge in [0.05, 0.1) is 12.2 Å². The van der Waals surface area contributed by atoms with Crippen LogP contribution in [0.4, 0.5) is 0 Å². The highest BCUT2D eigenvalue weighted by Gasteiger charge is 2.08. The maximum atomic E-state index is 11.0. The molecule has 0 N–H and O–H groups in total. The van der Waals surface area contributed by atoms with Crippen LogP contribution < -0.4 is 0 Å². The molecule has 0 aromatic rings. The summed E-state index contributed by atoms with van der Waals surface area (Å²) in [4.78, 5) is 11.0. The first-order chi connectivity index (χ1) is 6.06. The monoisotopic (exact) mass is 188 g/mol. The van der Waals surface area contributed by atoms with E-state index in [1.54, 1.807) is 0 Å². The van der Waals surface area contributed by atoms with Crippen molar-refractivity contribution < 1.29 is 14.3 Å². The average molecular weight is 188 g/mol. The molecular formula is C10H20O3. The van der Waals surface area contributed by atoms with E-state index in [-0.39, 0.29) is 24.8 Å². The van der Waals surface area contributed by atoms with Crippen LogP contribution in [0.1, 0.15) is 40.5 Å². The molecule has 0 aliphatic heterocycles. The van der Waals surface area contributed by atoms with E-state index in [9.17, 15) is 4.79 Å². The van der Waals surface area contributed by atoms with Gasteiger partial charge in [0, 0.05) is 0 Å². The van der Waals surface area contributed by atoms with E-state index in [4.69, 9.17) is 9.47 Å². The van der Waals surface area contributed by atoms with E-state index in [1.165, 1.54) is 0 Å². The second-order valence-corrected chi connectivity index (χ2v) is 3.45. The largest absolute Gasteiger partial charge is 0.461 e. The predicted molar refractivity (Wildman–Crippen MR) is 51.6 cm³/mol. The molecule has 0 saturated heterocycles. The van der Waals surface area contributed by atoms with Gasteiger partial charge < -0.3 is 9.47 Å². The lowest BCUT2D eigenvalue weighted by Crippen LogP contribution is -2.20. The van der Waals surface area contributed by atoms with Crippen LogP contribution in [0.25, 0.3) is 0 Å². The van der Waals surface area contributed by atoms with Gasteiger partial charge in [-0.15, -0.1) is 0 Å². The lowest BCUT2D eigenvalue weighted by Gasteiger charge is -2.12. The van der Waals surface area contributed by atoms with Gasteiger partial charge >= 0.3 is 5.97 Å². The Kier molecular flexibility index (Phi) is 6.59. The van der Waals surface area contributed by atoms with Crippen molar-refractivity contribution in [3.63, 3.8) is 0 Å². The highest BCUT2D eigenvalue weighted by atomic mass is 16.6. The molecule has 0 fully saturated rings. The summed E-state index contributed by atoms with van der Waals surface area (Å²) in [5, 5.41) is 0. The molecule has 0 radical (unpaired) electrons. The molecule has 3 heteroatoms. The first-order valence-electron chi connectivity index (χ1n) is 4.87. The maximum Gasteiger partial charge on any atom is 0.332 e. The highest BCUT2D eigenvalue weighted by Crippen LogP contribution is 2.01. The molecule has 0 aliphatic carbocycles. The van der Waals surface area contributed by atoms with Crippen molar-refractivity contribution in [3.05, 3.63) is 0 Å². The first-order valence-corrected chi connectivity index (χ1v) is 4.87. The summed E-state index contributed by atoms with van der Waals surface area (Å²) in [6.45, 7) is 7.78. The normalized spacial score (nSPS) is 13.0. The van der Waals surface area contributed by atoms with E-state index < -0.39 is 0 Å². The molecular weight excluding hydrogens is 168 g/mol. The van der Waals surface area contributed by atoms with Crippen LogP contribution in [0.3, 0.4) is 0 Å². The third kappa shape index (κ3) is 7.78. The van der Waals surface area contributed by atoms with Crippen molar-refractivity contribution in [2.45, 2.75) is 52.7 Å². The molecule has 0 aliphatic rings. The minimum Gasteiger partial charge on any atom is -0.461 e. The predicted octanol–water partition coefficient (Wildman–Crippen LogP) is 2.14.